The number of carbonyl (C=O) groups excluding carboxylic acids is 3. The van der Waals surface area contributed by atoms with Gasteiger partial charge in [0, 0.05) is 37.6 Å². The Labute approximate surface area is 349 Å². The largest absolute Gasteiger partial charge is 0.472 e. The normalized spacial score (nSPS) is 19.5. The number of hydrogen-bond donors (Lipinski definition) is 4. The molecule has 12 nitrogen and oxygen atoms in total. The zero-order valence-electron chi connectivity index (χ0n) is 35.7. The van der Waals surface area contributed by atoms with E-state index < -0.39 is 44.7 Å². The zero-order chi connectivity index (χ0) is 42.7. The summed E-state index contributed by atoms with van der Waals surface area (Å²) in [6.45, 7) is 3.28. The summed E-state index contributed by atoms with van der Waals surface area (Å²) < 4.78 is 32.7. The lowest BCUT2D eigenvalue weighted by molar-refractivity contribution is -0.161. The van der Waals surface area contributed by atoms with Gasteiger partial charge < -0.3 is 30.3 Å². The van der Waals surface area contributed by atoms with E-state index in [1.165, 1.54) is 38.5 Å². The smallest absolute Gasteiger partial charge is 0.462 e. The van der Waals surface area contributed by atoms with Crippen molar-refractivity contribution in [2.45, 2.75) is 180 Å². The maximum absolute atomic E-state index is 12.6. The molecule has 0 saturated heterocycles. The molecule has 1 unspecified atom stereocenters. The fourth-order valence-corrected chi connectivity index (χ4v) is 7.41. The molecule has 1 aliphatic rings. The van der Waals surface area contributed by atoms with Crippen molar-refractivity contribution in [2.75, 3.05) is 26.4 Å². The predicted octanol–water partition coefficient (Wildman–Crippen LogP) is 9.31. The zero-order valence-corrected chi connectivity index (χ0v) is 36.6. The number of rotatable bonds is 37. The Morgan fingerprint density at radius 2 is 1.40 bits per heavy atom. The van der Waals surface area contributed by atoms with Crippen molar-refractivity contribution in [2.24, 2.45) is 17.6 Å². The molecule has 1 rings (SSSR count). The molecule has 1 fully saturated rings. The summed E-state index contributed by atoms with van der Waals surface area (Å²) in [5.41, 5.74) is 5.34. The summed E-state index contributed by atoms with van der Waals surface area (Å²) in [7, 11) is -4.45. The van der Waals surface area contributed by atoms with E-state index in [1.54, 1.807) is 12.2 Å². The number of esters is 2. The summed E-state index contributed by atoms with van der Waals surface area (Å²) >= 11 is 0. The molecule has 58 heavy (non-hydrogen) atoms. The minimum absolute atomic E-state index is 0.00410. The highest BCUT2D eigenvalue weighted by atomic mass is 31.2. The minimum Gasteiger partial charge on any atom is -0.462 e. The van der Waals surface area contributed by atoms with Crippen molar-refractivity contribution in [3.8, 4) is 0 Å². The molecule has 0 aromatic carbocycles. The molecule has 0 bridgehead atoms. The van der Waals surface area contributed by atoms with Gasteiger partial charge in [-0.05, 0) is 64.2 Å². The van der Waals surface area contributed by atoms with Crippen LogP contribution in [0, 0.1) is 11.8 Å². The third kappa shape index (κ3) is 28.9. The number of aliphatic hydroxyl groups is 2. The van der Waals surface area contributed by atoms with Gasteiger partial charge in [0.05, 0.1) is 25.4 Å². The van der Waals surface area contributed by atoms with Crippen LogP contribution in [0.25, 0.3) is 0 Å². The van der Waals surface area contributed by atoms with Crippen LogP contribution in [0.1, 0.15) is 162 Å². The van der Waals surface area contributed by atoms with E-state index in [1.807, 2.05) is 12.2 Å². The van der Waals surface area contributed by atoms with E-state index in [4.69, 9.17) is 24.3 Å². The Balaban J connectivity index is 2.40. The summed E-state index contributed by atoms with van der Waals surface area (Å²) in [4.78, 5) is 47.6. The topological polar surface area (TPSA) is 192 Å². The lowest BCUT2D eigenvalue weighted by Crippen LogP contribution is -2.29. The quantitative estimate of drug-likeness (QED) is 0.0201. The van der Waals surface area contributed by atoms with Gasteiger partial charge in [0.2, 0.25) is 0 Å². The van der Waals surface area contributed by atoms with Gasteiger partial charge in [-0.2, -0.15) is 0 Å². The second-order valence-corrected chi connectivity index (χ2v) is 16.8. The van der Waals surface area contributed by atoms with Crippen molar-refractivity contribution in [3.05, 3.63) is 48.6 Å². The minimum atomic E-state index is -4.45. The van der Waals surface area contributed by atoms with Crippen molar-refractivity contribution >= 4 is 25.5 Å². The number of unbranched alkanes of at least 4 members (excludes halogenated alkanes) is 13. The Kier molecular flexibility index (Phi) is 32.6. The predicted molar refractivity (Wildman–Crippen MR) is 230 cm³/mol. The summed E-state index contributed by atoms with van der Waals surface area (Å²) in [5.74, 6) is -1.75. The second kappa shape index (κ2) is 35.3. The number of phosphoric ester groups is 1. The third-order valence-electron chi connectivity index (χ3n) is 10.1. The standard InChI is InChI=1S/C45H78NO11P/c1-3-5-7-8-9-10-11-12-13-14-15-16-17-18-19-20-26-30-45(51)57-39(37-56-58(52,53)55-34-33-46)36-54-44(50)29-25-22-21-24-28-40-41(43(49)35-42(40)48)32-31-38(47)27-23-6-4-2/h9-10,12-13,21,24,31-32,38-41,43,47,49H,3-8,11,14-20,22-23,25-30,33-37,46H2,1-2H3,(H,52,53)/b10-9-,13-12-,24-21-,32-31+/t38-,39+,40+,41+,43+/m0/s1. The highest BCUT2D eigenvalue weighted by Gasteiger charge is 2.39. The first kappa shape index (κ1) is 53.6. The molecule has 0 heterocycles. The first-order valence-corrected chi connectivity index (χ1v) is 23.7. The molecule has 0 spiro atoms. The van der Waals surface area contributed by atoms with Gasteiger partial charge in [-0.3, -0.25) is 23.4 Å². The highest BCUT2D eigenvalue weighted by molar-refractivity contribution is 7.47. The van der Waals surface area contributed by atoms with Crippen molar-refractivity contribution in [1.82, 2.24) is 0 Å². The number of Topliss-reactive ketones (excluding diaryl/α,β-unsaturated/α-hetero) is 1. The average Bonchev–Trinajstić information content (AvgIpc) is 3.47. The number of hydrogen-bond acceptors (Lipinski definition) is 11. The molecular weight excluding hydrogens is 761 g/mol. The maximum atomic E-state index is 12.6. The van der Waals surface area contributed by atoms with Gasteiger partial charge in [-0.15, -0.1) is 0 Å². The molecule has 5 N–H and O–H groups in total. The summed E-state index contributed by atoms with van der Waals surface area (Å²) in [5, 5.41) is 20.7. The van der Waals surface area contributed by atoms with Gasteiger partial charge in [-0.1, -0.05) is 127 Å². The molecule has 1 aliphatic carbocycles. The van der Waals surface area contributed by atoms with Crippen LogP contribution in [0.3, 0.4) is 0 Å². The van der Waals surface area contributed by atoms with Crippen molar-refractivity contribution in [1.29, 1.82) is 0 Å². The molecule has 334 valence electrons. The second-order valence-electron chi connectivity index (χ2n) is 15.3. The van der Waals surface area contributed by atoms with E-state index in [2.05, 4.69) is 38.2 Å². The van der Waals surface area contributed by atoms with Crippen molar-refractivity contribution in [3.63, 3.8) is 0 Å². The fraction of sp³-hybridized carbons (Fsp3) is 0.756. The van der Waals surface area contributed by atoms with Gasteiger partial charge in [0.1, 0.15) is 12.4 Å². The number of allylic oxidation sites excluding steroid dienone is 6. The van der Waals surface area contributed by atoms with Crippen LogP contribution < -0.4 is 5.73 Å². The SMILES string of the molecule is CCCCC/C=C\C/C=C\CCCCCCCCCC(=O)O[C@H](COC(=O)CCC/C=C\C[C@H]1C(=O)C[C@@H](O)[C@@H]1/C=C/[C@@H](O)CCCCC)COP(=O)(O)OCCN. The maximum Gasteiger partial charge on any atom is 0.472 e. The molecule has 6 atom stereocenters. The monoisotopic (exact) mass is 840 g/mol. The number of aliphatic hydroxyl groups excluding tert-OH is 2. The molecule has 0 radical (unpaired) electrons. The average molecular weight is 840 g/mol. The number of nitrogens with two attached hydrogens (primary N) is 1. The van der Waals surface area contributed by atoms with Crippen molar-refractivity contribution < 1.29 is 52.6 Å². The van der Waals surface area contributed by atoms with Crippen LogP contribution in [0.5, 0.6) is 0 Å². The molecule has 0 aromatic heterocycles. The van der Waals surface area contributed by atoms with Gasteiger partial charge in [0.25, 0.3) is 0 Å². The van der Waals surface area contributed by atoms with Crippen LogP contribution in [-0.4, -0.2) is 77.5 Å². The molecule has 0 aromatic rings. The van der Waals surface area contributed by atoms with Crippen LogP contribution in [0.15, 0.2) is 48.6 Å². The van der Waals surface area contributed by atoms with Gasteiger partial charge >= 0.3 is 19.8 Å². The number of phosphoric acid groups is 1. The number of carbonyl (C=O) groups is 3. The molecule has 1 saturated carbocycles. The van der Waals surface area contributed by atoms with Gasteiger partial charge in [0.15, 0.2) is 6.10 Å². The number of ether oxygens (including phenoxy) is 2. The van der Waals surface area contributed by atoms with Crippen LogP contribution >= 0.6 is 7.82 Å². The number of ketones is 1. The Morgan fingerprint density at radius 3 is 2.09 bits per heavy atom. The summed E-state index contributed by atoms with van der Waals surface area (Å²) in [6.07, 6.45) is 33.6. The van der Waals surface area contributed by atoms with Crippen LogP contribution in [-0.2, 0) is 37.5 Å². The molecule has 13 heteroatoms. The van der Waals surface area contributed by atoms with E-state index >= 15 is 0 Å². The third-order valence-corrected chi connectivity index (χ3v) is 11.0. The Bertz CT molecular complexity index is 1250. The molecule has 0 aliphatic heterocycles. The van der Waals surface area contributed by atoms with E-state index in [-0.39, 0.29) is 56.6 Å². The van der Waals surface area contributed by atoms with Gasteiger partial charge in [-0.25, -0.2) is 4.57 Å². The first-order chi connectivity index (χ1) is 28.0. The van der Waals surface area contributed by atoms with E-state index in [9.17, 15) is 34.1 Å². The van der Waals surface area contributed by atoms with Crippen LogP contribution in [0.2, 0.25) is 0 Å². The fourth-order valence-electron chi connectivity index (χ4n) is 6.64. The Morgan fingerprint density at radius 1 is 0.793 bits per heavy atom. The Hall–Kier alpha value is -2.44. The van der Waals surface area contributed by atoms with E-state index in [0.717, 1.165) is 57.8 Å². The summed E-state index contributed by atoms with van der Waals surface area (Å²) in [6, 6.07) is 0. The molecular formula is C45H78NO11P. The lowest BCUT2D eigenvalue weighted by Gasteiger charge is -2.19. The first-order valence-electron chi connectivity index (χ1n) is 22.2. The highest BCUT2D eigenvalue weighted by Crippen LogP contribution is 2.43. The molecule has 0 amide bonds. The van der Waals surface area contributed by atoms with Crippen LogP contribution in [0.4, 0.5) is 0 Å². The van der Waals surface area contributed by atoms with E-state index in [0.29, 0.717) is 32.1 Å². The lowest BCUT2D eigenvalue weighted by atomic mass is 9.90.